The molecule has 1 aliphatic heterocycles. The zero-order chi connectivity index (χ0) is 16.2. The molecule has 5 nitrogen and oxygen atoms in total. The number of nitrogens with one attached hydrogen (secondary N) is 1. The molecule has 0 amide bonds. The van der Waals surface area contributed by atoms with Crippen molar-refractivity contribution >= 4 is 11.9 Å². The van der Waals surface area contributed by atoms with Crippen LogP contribution in [0.25, 0.3) is 0 Å². The highest BCUT2D eigenvalue weighted by Gasteiger charge is 2.32. The van der Waals surface area contributed by atoms with Crippen molar-refractivity contribution in [1.82, 2.24) is 5.32 Å². The van der Waals surface area contributed by atoms with E-state index in [9.17, 15) is 17.6 Å². The van der Waals surface area contributed by atoms with Gasteiger partial charge in [-0.15, -0.1) is 0 Å². The Morgan fingerprint density at radius 3 is 1.81 bits per heavy atom. The number of benzene rings is 1. The van der Waals surface area contributed by atoms with Gasteiger partial charge in [0.15, 0.2) is 0 Å². The minimum atomic E-state index is -1.82. The topological polar surface area (TPSA) is 86.6 Å². The van der Waals surface area contributed by atoms with Crippen LogP contribution in [0.1, 0.15) is 11.7 Å². The van der Waals surface area contributed by atoms with Crippen LogP contribution >= 0.6 is 0 Å². The molecule has 116 valence electrons. The van der Waals surface area contributed by atoms with Crippen LogP contribution in [0.4, 0.5) is 17.6 Å². The van der Waals surface area contributed by atoms with Crippen molar-refractivity contribution in [2.24, 2.45) is 5.92 Å². The van der Waals surface area contributed by atoms with E-state index in [-0.39, 0.29) is 0 Å². The Hall–Kier alpha value is -2.16. The zero-order valence-electron chi connectivity index (χ0n) is 10.4. The number of alkyl halides is 1. The number of carboxylic acid groups (broad SMARTS) is 2. The summed E-state index contributed by atoms with van der Waals surface area (Å²) in [4.78, 5) is 18.2. The first-order chi connectivity index (χ1) is 9.73. The van der Waals surface area contributed by atoms with Gasteiger partial charge in [0.1, 0.15) is 23.6 Å². The molecule has 1 fully saturated rings. The van der Waals surface area contributed by atoms with Gasteiger partial charge in [0, 0.05) is 31.1 Å². The van der Waals surface area contributed by atoms with E-state index in [2.05, 4.69) is 5.32 Å². The lowest BCUT2D eigenvalue weighted by atomic mass is 9.91. The Balaban J connectivity index is 0.000000315. The van der Waals surface area contributed by atoms with Crippen molar-refractivity contribution in [1.29, 1.82) is 0 Å². The molecule has 0 spiro atoms. The highest BCUT2D eigenvalue weighted by molar-refractivity contribution is 6.27. The van der Waals surface area contributed by atoms with Crippen molar-refractivity contribution in [3.8, 4) is 0 Å². The third-order valence-electron chi connectivity index (χ3n) is 2.73. The molecule has 0 radical (unpaired) electrons. The molecule has 1 saturated heterocycles. The van der Waals surface area contributed by atoms with Crippen LogP contribution in [0.3, 0.4) is 0 Å². The fraction of sp³-hybridized carbons (Fsp3) is 0.333. The first-order valence-corrected chi connectivity index (χ1v) is 5.69. The molecule has 9 heteroatoms. The lowest BCUT2D eigenvalue weighted by Crippen LogP contribution is -2.44. The van der Waals surface area contributed by atoms with Gasteiger partial charge < -0.3 is 15.5 Å². The van der Waals surface area contributed by atoms with Crippen molar-refractivity contribution in [2.45, 2.75) is 6.17 Å². The molecule has 0 bridgehead atoms. The average Bonchev–Trinajstić information content (AvgIpc) is 2.25. The predicted octanol–water partition coefficient (Wildman–Crippen LogP) is 1.49. The summed E-state index contributed by atoms with van der Waals surface area (Å²) in [5.41, 5.74) is -0.664. The molecule has 21 heavy (non-hydrogen) atoms. The van der Waals surface area contributed by atoms with E-state index in [1.807, 2.05) is 0 Å². The first kappa shape index (κ1) is 16.9. The van der Waals surface area contributed by atoms with Gasteiger partial charge in [-0.1, -0.05) is 0 Å². The molecule has 0 saturated carbocycles. The van der Waals surface area contributed by atoms with E-state index in [1.165, 1.54) is 0 Å². The van der Waals surface area contributed by atoms with Crippen LogP contribution in [0.2, 0.25) is 0 Å². The Morgan fingerprint density at radius 2 is 1.52 bits per heavy atom. The molecule has 1 aromatic rings. The number of carbonyl (C=O) groups is 2. The zero-order valence-corrected chi connectivity index (χ0v) is 10.4. The Kier molecular flexibility index (Phi) is 5.65. The summed E-state index contributed by atoms with van der Waals surface area (Å²) in [5.74, 6) is -7.43. The third kappa shape index (κ3) is 4.42. The minimum absolute atomic E-state index is 0.386. The van der Waals surface area contributed by atoms with Gasteiger partial charge in [0.05, 0.1) is 5.56 Å². The van der Waals surface area contributed by atoms with Crippen LogP contribution < -0.4 is 5.32 Å². The van der Waals surface area contributed by atoms with Gasteiger partial charge >= 0.3 is 11.9 Å². The molecule has 0 aliphatic carbocycles. The molecular weight excluding hydrogens is 298 g/mol. The SMILES string of the molecule is Fc1cc(F)c(C(F)C2CNC2)c(F)c1.O=C(O)C(=O)O. The summed E-state index contributed by atoms with van der Waals surface area (Å²) < 4.78 is 52.4. The van der Waals surface area contributed by atoms with Gasteiger partial charge in [-0.3, -0.25) is 0 Å². The maximum atomic E-state index is 13.6. The lowest BCUT2D eigenvalue weighted by molar-refractivity contribution is -0.159. The van der Waals surface area contributed by atoms with Crippen molar-refractivity contribution < 1.29 is 37.4 Å². The first-order valence-electron chi connectivity index (χ1n) is 5.69. The largest absolute Gasteiger partial charge is 0.473 e. The molecule has 1 aliphatic rings. The summed E-state index contributed by atoms with van der Waals surface area (Å²) in [7, 11) is 0. The number of carboxylic acids is 2. The summed E-state index contributed by atoms with van der Waals surface area (Å²) in [6.45, 7) is 0.773. The van der Waals surface area contributed by atoms with Crippen LogP contribution in [0, 0.1) is 23.4 Å². The summed E-state index contributed by atoms with van der Waals surface area (Å²) in [5, 5.41) is 17.6. The Bertz CT molecular complexity index is 513. The predicted molar refractivity (Wildman–Crippen MR) is 61.8 cm³/mol. The van der Waals surface area contributed by atoms with E-state index in [0.29, 0.717) is 25.2 Å². The Labute approximate surface area is 116 Å². The molecule has 0 aromatic heterocycles. The van der Waals surface area contributed by atoms with E-state index < -0.39 is 47.0 Å². The second-order valence-corrected chi connectivity index (χ2v) is 4.21. The summed E-state index contributed by atoms with van der Waals surface area (Å²) >= 11 is 0. The second kappa shape index (κ2) is 7.02. The van der Waals surface area contributed by atoms with E-state index >= 15 is 0 Å². The quantitative estimate of drug-likeness (QED) is 0.569. The summed E-state index contributed by atoms with van der Waals surface area (Å²) in [6, 6.07) is 0.994. The summed E-state index contributed by atoms with van der Waals surface area (Å²) in [6.07, 6.45) is -1.72. The lowest BCUT2D eigenvalue weighted by Gasteiger charge is -2.30. The van der Waals surface area contributed by atoms with Gasteiger partial charge in [0.2, 0.25) is 0 Å². The van der Waals surface area contributed by atoms with Gasteiger partial charge in [-0.2, -0.15) is 0 Å². The second-order valence-electron chi connectivity index (χ2n) is 4.21. The van der Waals surface area contributed by atoms with Crippen LogP contribution in [0.15, 0.2) is 12.1 Å². The number of hydrogen-bond acceptors (Lipinski definition) is 3. The monoisotopic (exact) mass is 309 g/mol. The number of rotatable bonds is 2. The molecule has 2 rings (SSSR count). The van der Waals surface area contributed by atoms with Gasteiger partial charge in [-0.25, -0.2) is 27.2 Å². The number of hydrogen-bond donors (Lipinski definition) is 3. The highest BCUT2D eigenvalue weighted by atomic mass is 19.2. The smallest absolute Gasteiger partial charge is 0.414 e. The maximum absolute atomic E-state index is 13.6. The molecule has 3 N–H and O–H groups in total. The van der Waals surface area contributed by atoms with Crippen LogP contribution in [-0.4, -0.2) is 35.2 Å². The number of halogens is 4. The fourth-order valence-electron chi connectivity index (χ4n) is 1.57. The van der Waals surface area contributed by atoms with Crippen LogP contribution in [0.5, 0.6) is 0 Å². The van der Waals surface area contributed by atoms with E-state index in [4.69, 9.17) is 19.8 Å². The van der Waals surface area contributed by atoms with Crippen LogP contribution in [-0.2, 0) is 9.59 Å². The molecule has 1 heterocycles. The third-order valence-corrected chi connectivity index (χ3v) is 2.73. The molecular formula is C12H11F4NO4. The fourth-order valence-corrected chi connectivity index (χ4v) is 1.57. The average molecular weight is 309 g/mol. The standard InChI is InChI=1S/C10H9F4N.C2H2O4/c11-6-1-7(12)9(8(13)2-6)10(14)5-3-15-4-5;3-1(4)2(5)6/h1-2,5,10,15H,3-4H2;(H,3,4)(H,5,6). The van der Waals surface area contributed by atoms with E-state index in [0.717, 1.165) is 0 Å². The number of aliphatic carboxylic acids is 2. The van der Waals surface area contributed by atoms with Crippen molar-refractivity contribution in [3.63, 3.8) is 0 Å². The molecule has 1 unspecified atom stereocenters. The molecule has 1 atom stereocenters. The molecule has 1 aromatic carbocycles. The highest BCUT2D eigenvalue weighted by Crippen LogP contribution is 2.32. The van der Waals surface area contributed by atoms with Crippen molar-refractivity contribution in [3.05, 3.63) is 35.1 Å². The Morgan fingerprint density at radius 1 is 1.10 bits per heavy atom. The van der Waals surface area contributed by atoms with Gasteiger partial charge in [-0.05, 0) is 0 Å². The normalized spacial score (nSPS) is 15.4. The van der Waals surface area contributed by atoms with Crippen molar-refractivity contribution in [2.75, 3.05) is 13.1 Å². The maximum Gasteiger partial charge on any atom is 0.414 e. The van der Waals surface area contributed by atoms with E-state index in [1.54, 1.807) is 0 Å². The van der Waals surface area contributed by atoms with Gasteiger partial charge in [0.25, 0.3) is 0 Å². The minimum Gasteiger partial charge on any atom is -0.473 e.